The Hall–Kier alpha value is -3.02. The quantitative estimate of drug-likeness (QED) is 0.845. The van der Waals surface area contributed by atoms with Gasteiger partial charge in [0, 0.05) is 36.6 Å². The fourth-order valence-corrected chi connectivity index (χ4v) is 4.37. The maximum atomic E-state index is 13.1. The molecule has 0 bridgehead atoms. The van der Waals surface area contributed by atoms with Crippen molar-refractivity contribution in [1.82, 2.24) is 4.90 Å². The molecule has 2 aromatic carbocycles. The number of hydrogen-bond acceptors (Lipinski definition) is 4. The van der Waals surface area contributed by atoms with Crippen molar-refractivity contribution in [3.63, 3.8) is 0 Å². The van der Waals surface area contributed by atoms with E-state index in [9.17, 15) is 9.59 Å². The fourth-order valence-electron chi connectivity index (χ4n) is 4.37. The first-order valence-electron chi connectivity index (χ1n) is 10.2. The van der Waals surface area contributed by atoms with Crippen LogP contribution in [0.2, 0.25) is 0 Å². The molecule has 0 spiro atoms. The minimum Gasteiger partial charge on any atom is -0.496 e. The highest BCUT2D eigenvalue weighted by Gasteiger charge is 2.28. The normalized spacial score (nSPS) is 16.3. The summed E-state index contributed by atoms with van der Waals surface area (Å²) < 4.78 is 5.74. The molecule has 1 saturated heterocycles. The van der Waals surface area contributed by atoms with Gasteiger partial charge in [-0.05, 0) is 68.5 Å². The first-order chi connectivity index (χ1) is 14.1. The first-order valence-corrected chi connectivity index (χ1v) is 10.2. The highest BCUT2D eigenvalue weighted by atomic mass is 16.5. The third-order valence-corrected chi connectivity index (χ3v) is 5.84. The van der Waals surface area contributed by atoms with Crippen LogP contribution < -0.4 is 9.64 Å². The van der Waals surface area contributed by atoms with Gasteiger partial charge in [-0.15, -0.1) is 0 Å². The molecular weight excluding hydrogens is 368 g/mol. The number of carbonyl (C=O) groups excluding carboxylic acids is 1. The first kappa shape index (κ1) is 19.3. The maximum Gasteiger partial charge on any atom is 0.335 e. The molecule has 2 aliphatic rings. The van der Waals surface area contributed by atoms with Crippen molar-refractivity contribution in [2.45, 2.75) is 32.1 Å². The number of piperidine rings is 1. The Morgan fingerprint density at radius 1 is 0.931 bits per heavy atom. The van der Waals surface area contributed by atoms with Gasteiger partial charge in [0.1, 0.15) is 5.75 Å². The second-order valence-corrected chi connectivity index (χ2v) is 7.60. The molecule has 2 aromatic rings. The molecule has 4 rings (SSSR count). The number of benzene rings is 2. The Labute approximate surface area is 170 Å². The molecule has 0 aromatic heterocycles. The molecule has 6 nitrogen and oxygen atoms in total. The number of fused-ring (bicyclic) bond motifs is 1. The van der Waals surface area contributed by atoms with Gasteiger partial charge >= 0.3 is 5.97 Å². The van der Waals surface area contributed by atoms with Crippen LogP contribution in [-0.4, -0.2) is 48.6 Å². The highest BCUT2D eigenvalue weighted by molar-refractivity contribution is 5.98. The van der Waals surface area contributed by atoms with Crippen LogP contribution in [0.25, 0.3) is 0 Å². The van der Waals surface area contributed by atoms with Crippen molar-refractivity contribution in [3.8, 4) is 5.75 Å². The van der Waals surface area contributed by atoms with Crippen LogP contribution in [0.1, 0.15) is 52.0 Å². The number of aromatic carboxylic acids is 1. The number of rotatable bonds is 4. The summed E-state index contributed by atoms with van der Waals surface area (Å²) >= 11 is 0. The standard InChI is InChI=1S/C23H26N2O4/c1-29-21-18-6-5-15-25(17-9-7-16(8-10-17)23(27)28)20(18)12-11-19(21)22(26)24-13-3-2-4-14-24/h7-12H,2-6,13-15H2,1H3,(H,27,28). The molecule has 0 unspecified atom stereocenters. The zero-order chi connectivity index (χ0) is 20.4. The van der Waals surface area contributed by atoms with Crippen molar-refractivity contribution >= 4 is 23.3 Å². The lowest BCUT2D eigenvalue weighted by molar-refractivity contribution is 0.0694. The Balaban J connectivity index is 1.69. The molecule has 6 heteroatoms. The number of carboxylic acid groups (broad SMARTS) is 1. The number of hydrogen-bond donors (Lipinski definition) is 1. The summed E-state index contributed by atoms with van der Waals surface area (Å²) in [6.07, 6.45) is 5.08. The molecule has 152 valence electrons. The van der Waals surface area contributed by atoms with Crippen LogP contribution in [0.4, 0.5) is 11.4 Å². The Bertz CT molecular complexity index is 917. The van der Waals surface area contributed by atoms with E-state index in [1.54, 1.807) is 19.2 Å². The van der Waals surface area contributed by atoms with Crippen molar-refractivity contribution < 1.29 is 19.4 Å². The Morgan fingerprint density at radius 3 is 2.31 bits per heavy atom. The lowest BCUT2D eigenvalue weighted by atomic mass is 9.96. The molecule has 0 radical (unpaired) electrons. The lowest BCUT2D eigenvalue weighted by Crippen LogP contribution is -2.36. The maximum absolute atomic E-state index is 13.1. The predicted molar refractivity (Wildman–Crippen MR) is 111 cm³/mol. The van der Waals surface area contributed by atoms with E-state index >= 15 is 0 Å². The highest BCUT2D eigenvalue weighted by Crippen LogP contribution is 2.40. The van der Waals surface area contributed by atoms with Crippen LogP contribution in [-0.2, 0) is 6.42 Å². The van der Waals surface area contributed by atoms with Crippen LogP contribution in [0.5, 0.6) is 5.75 Å². The SMILES string of the molecule is COc1c(C(=O)N2CCCCC2)ccc2c1CCCN2c1ccc(C(=O)O)cc1. The number of ether oxygens (including phenoxy) is 1. The molecule has 0 aliphatic carbocycles. The molecular formula is C23H26N2O4. The summed E-state index contributed by atoms with van der Waals surface area (Å²) in [4.78, 5) is 28.3. The second-order valence-electron chi connectivity index (χ2n) is 7.60. The molecule has 2 aliphatic heterocycles. The molecule has 1 fully saturated rings. The molecule has 2 heterocycles. The number of likely N-dealkylation sites (tertiary alicyclic amines) is 1. The van der Waals surface area contributed by atoms with Crippen LogP contribution in [0.3, 0.4) is 0 Å². The van der Waals surface area contributed by atoms with Crippen LogP contribution >= 0.6 is 0 Å². The van der Waals surface area contributed by atoms with E-state index in [-0.39, 0.29) is 11.5 Å². The number of nitrogens with zero attached hydrogens (tertiary/aromatic N) is 2. The lowest BCUT2D eigenvalue weighted by Gasteiger charge is -2.34. The van der Waals surface area contributed by atoms with Crippen molar-refractivity contribution in [3.05, 3.63) is 53.1 Å². The largest absolute Gasteiger partial charge is 0.496 e. The van der Waals surface area contributed by atoms with Gasteiger partial charge in [-0.2, -0.15) is 0 Å². The molecule has 0 saturated carbocycles. The van der Waals surface area contributed by atoms with Gasteiger partial charge < -0.3 is 19.6 Å². The van der Waals surface area contributed by atoms with Gasteiger partial charge in [-0.25, -0.2) is 4.79 Å². The van der Waals surface area contributed by atoms with Gasteiger partial charge in [-0.1, -0.05) is 0 Å². The predicted octanol–water partition coefficient (Wildman–Crippen LogP) is 4.10. The zero-order valence-corrected chi connectivity index (χ0v) is 16.7. The van der Waals surface area contributed by atoms with E-state index in [4.69, 9.17) is 9.84 Å². The summed E-state index contributed by atoms with van der Waals surface area (Å²) in [5, 5.41) is 9.14. The van der Waals surface area contributed by atoms with Gasteiger partial charge in [0.2, 0.25) is 0 Å². The second kappa shape index (κ2) is 8.15. The number of amides is 1. The summed E-state index contributed by atoms with van der Waals surface area (Å²) in [7, 11) is 1.63. The third-order valence-electron chi connectivity index (χ3n) is 5.84. The van der Waals surface area contributed by atoms with Crippen LogP contribution in [0.15, 0.2) is 36.4 Å². The number of anilines is 2. The van der Waals surface area contributed by atoms with E-state index in [0.29, 0.717) is 11.3 Å². The fraction of sp³-hybridized carbons (Fsp3) is 0.391. The van der Waals surface area contributed by atoms with Gasteiger partial charge in [0.05, 0.1) is 18.2 Å². The Kier molecular flexibility index (Phi) is 5.43. The summed E-state index contributed by atoms with van der Waals surface area (Å²) in [5.74, 6) is -0.213. The van der Waals surface area contributed by atoms with Gasteiger partial charge in [0.25, 0.3) is 5.91 Å². The molecule has 1 amide bonds. The number of carboxylic acids is 1. The average molecular weight is 394 g/mol. The monoisotopic (exact) mass is 394 g/mol. The average Bonchev–Trinajstić information content (AvgIpc) is 2.78. The summed E-state index contributed by atoms with van der Waals surface area (Å²) in [5.41, 5.74) is 3.91. The topological polar surface area (TPSA) is 70.1 Å². The summed E-state index contributed by atoms with van der Waals surface area (Å²) in [6, 6.07) is 10.8. The van der Waals surface area contributed by atoms with Gasteiger partial charge in [0.15, 0.2) is 0 Å². The molecule has 0 atom stereocenters. The molecule has 1 N–H and O–H groups in total. The van der Waals surface area contributed by atoms with E-state index in [1.807, 2.05) is 29.2 Å². The summed E-state index contributed by atoms with van der Waals surface area (Å²) in [6.45, 7) is 2.45. The third kappa shape index (κ3) is 3.67. The van der Waals surface area contributed by atoms with Crippen LogP contribution in [0, 0.1) is 0 Å². The van der Waals surface area contributed by atoms with Crippen molar-refractivity contribution in [1.29, 1.82) is 0 Å². The van der Waals surface area contributed by atoms with Crippen molar-refractivity contribution in [2.24, 2.45) is 0 Å². The minimum atomic E-state index is -0.932. The van der Waals surface area contributed by atoms with E-state index in [1.165, 1.54) is 6.42 Å². The zero-order valence-electron chi connectivity index (χ0n) is 16.7. The number of methoxy groups -OCH3 is 1. The Morgan fingerprint density at radius 2 is 1.66 bits per heavy atom. The van der Waals surface area contributed by atoms with E-state index < -0.39 is 5.97 Å². The van der Waals surface area contributed by atoms with E-state index in [2.05, 4.69) is 4.90 Å². The molecule has 29 heavy (non-hydrogen) atoms. The number of carbonyl (C=O) groups is 2. The minimum absolute atomic E-state index is 0.0484. The van der Waals surface area contributed by atoms with Crippen molar-refractivity contribution in [2.75, 3.05) is 31.6 Å². The van der Waals surface area contributed by atoms with Gasteiger partial charge in [-0.3, -0.25) is 4.79 Å². The smallest absolute Gasteiger partial charge is 0.335 e. The van der Waals surface area contributed by atoms with E-state index in [0.717, 1.165) is 62.3 Å².